The molecular weight excluding hydrogens is 870 g/mol. The van der Waals surface area contributed by atoms with Gasteiger partial charge < -0.3 is 39.5 Å². The Kier molecular flexibility index (Phi) is 33.9. The van der Waals surface area contributed by atoms with Crippen molar-refractivity contribution in [1.29, 1.82) is 0 Å². The molecule has 1 aliphatic rings. The number of ketones is 1. The number of carbonyl (C=O) groups excluding carboxylic acids is 3. The Balaban J connectivity index is 2.55. The molecule has 0 bridgehead atoms. The Hall–Kier alpha value is -2.59. The molecule has 0 amide bonds. The molecule has 16 nitrogen and oxygen atoms in total. The highest BCUT2D eigenvalue weighted by molar-refractivity contribution is 7.47. The van der Waals surface area contributed by atoms with E-state index in [1.54, 1.807) is 12.2 Å². The molecule has 0 aromatic heterocycles. The number of rotatable bonds is 39. The average Bonchev–Trinajstić information content (AvgIpc) is 3.51. The van der Waals surface area contributed by atoms with Crippen molar-refractivity contribution in [3.05, 3.63) is 60.8 Å². The van der Waals surface area contributed by atoms with E-state index in [1.807, 2.05) is 0 Å². The molecule has 1 unspecified atom stereocenters. The molecule has 1 rings (SSSR count). The number of phosphoric ester groups is 2. The lowest BCUT2D eigenvalue weighted by Crippen LogP contribution is -2.30. The zero-order chi connectivity index (χ0) is 47.5. The van der Waals surface area contributed by atoms with Gasteiger partial charge in [-0.1, -0.05) is 126 Å². The second kappa shape index (κ2) is 36.5. The monoisotopic (exact) mass is 948 g/mol. The highest BCUT2D eigenvalue weighted by Gasteiger charge is 2.39. The number of Topliss-reactive ketones (excluding diaryl/α,β-unsaturated/α-hetero) is 1. The van der Waals surface area contributed by atoms with Crippen LogP contribution in [0, 0.1) is 11.8 Å². The second-order valence-electron chi connectivity index (χ2n) is 16.1. The van der Waals surface area contributed by atoms with Gasteiger partial charge in [0, 0.05) is 25.2 Å². The van der Waals surface area contributed by atoms with Crippen LogP contribution in [-0.4, -0.2) is 98.6 Å². The van der Waals surface area contributed by atoms with Crippen LogP contribution in [0.1, 0.15) is 149 Å². The number of aliphatic hydroxyl groups excluding tert-OH is 3. The minimum Gasteiger partial charge on any atom is -0.462 e. The summed E-state index contributed by atoms with van der Waals surface area (Å²) in [6.45, 7) is 1.24. The summed E-state index contributed by atoms with van der Waals surface area (Å²) in [6, 6.07) is 0. The summed E-state index contributed by atoms with van der Waals surface area (Å²) in [5.41, 5.74) is 0. The van der Waals surface area contributed by atoms with E-state index in [-0.39, 0.29) is 31.0 Å². The number of hydrogen-bond acceptors (Lipinski definition) is 13. The Bertz CT molecular complexity index is 1520. The molecule has 0 aromatic rings. The van der Waals surface area contributed by atoms with Gasteiger partial charge in [0.15, 0.2) is 6.10 Å². The molecule has 0 spiro atoms. The van der Waals surface area contributed by atoms with Gasteiger partial charge >= 0.3 is 27.6 Å². The zero-order valence-corrected chi connectivity index (χ0v) is 39.9. The lowest BCUT2D eigenvalue weighted by molar-refractivity contribution is -0.161. The topological polar surface area (TPSA) is 253 Å². The molecule has 18 heteroatoms. The number of hydrogen-bond donors (Lipinski definition) is 6. The van der Waals surface area contributed by atoms with Gasteiger partial charge in [0.2, 0.25) is 0 Å². The first kappa shape index (κ1) is 59.4. The van der Waals surface area contributed by atoms with Crippen molar-refractivity contribution in [3.8, 4) is 0 Å². The van der Waals surface area contributed by atoms with Gasteiger partial charge in [-0.15, -0.1) is 0 Å². The maximum atomic E-state index is 12.8. The Morgan fingerprint density at radius 3 is 1.92 bits per heavy atom. The lowest BCUT2D eigenvalue weighted by Gasteiger charge is -2.20. The summed E-state index contributed by atoms with van der Waals surface area (Å²) in [5.74, 6) is -1.95. The number of phosphoric acid groups is 2. The fourth-order valence-corrected chi connectivity index (χ4v) is 7.93. The number of carbonyl (C=O) groups is 3. The molecule has 1 fully saturated rings. The number of ether oxygens (including phenoxy) is 2. The smallest absolute Gasteiger partial charge is 0.462 e. The Morgan fingerprint density at radius 2 is 1.28 bits per heavy atom. The first-order valence-corrected chi connectivity index (χ1v) is 26.1. The van der Waals surface area contributed by atoms with Crippen LogP contribution < -0.4 is 0 Å². The molecule has 0 aromatic carbocycles. The van der Waals surface area contributed by atoms with E-state index in [1.165, 1.54) is 0 Å². The predicted molar refractivity (Wildman–Crippen MR) is 245 cm³/mol. The predicted octanol–water partition coefficient (Wildman–Crippen LogP) is 8.60. The van der Waals surface area contributed by atoms with Gasteiger partial charge in [0.1, 0.15) is 18.5 Å². The molecule has 1 aliphatic carbocycles. The quantitative estimate of drug-likeness (QED) is 0.0146. The van der Waals surface area contributed by atoms with Crippen molar-refractivity contribution in [1.82, 2.24) is 0 Å². The van der Waals surface area contributed by atoms with Crippen LogP contribution in [0.2, 0.25) is 0 Å². The standard InChI is InChI=1S/C46H78O16P2/c1-3-5-7-8-9-10-11-12-13-14-15-16-17-18-19-20-25-29-45(51)58-36-40(37-61-64(56,57)60-35-39(48)34-59-63(53,54)55)62-46(52)30-26-22-21-24-28-41-42(44(50)33-43(41)49)32-31-38(47)27-23-6-4-2/h5,7,9-10,12-13,15-16,31-32,38-43,47-49H,3-4,6,8,11,14,17-30,33-37H2,1-2H3,(H,56,57)(H2,53,54,55)/b7-5-,10-9-,13-12-,16-15-,32-31+/t38-,39-,40+,41+,42+,43-/m0/s1. The number of aliphatic hydroxyl groups is 3. The first-order valence-electron chi connectivity index (χ1n) is 23.1. The van der Waals surface area contributed by atoms with E-state index >= 15 is 0 Å². The molecule has 64 heavy (non-hydrogen) atoms. The molecule has 0 radical (unpaired) electrons. The van der Waals surface area contributed by atoms with Gasteiger partial charge in [0.25, 0.3) is 0 Å². The molecule has 1 saturated carbocycles. The van der Waals surface area contributed by atoms with Crippen LogP contribution in [0.15, 0.2) is 60.8 Å². The lowest BCUT2D eigenvalue weighted by atomic mass is 9.88. The number of allylic oxidation sites excluding steroid dienone is 9. The third kappa shape index (κ3) is 33.0. The maximum absolute atomic E-state index is 12.8. The van der Waals surface area contributed by atoms with Crippen molar-refractivity contribution in [2.75, 3.05) is 26.4 Å². The fourth-order valence-electron chi connectivity index (χ4n) is 6.77. The third-order valence-corrected chi connectivity index (χ3v) is 11.7. The van der Waals surface area contributed by atoms with Crippen LogP contribution in [0.3, 0.4) is 0 Å². The molecule has 0 heterocycles. The van der Waals surface area contributed by atoms with Crippen molar-refractivity contribution < 1.29 is 76.6 Å². The summed E-state index contributed by atoms with van der Waals surface area (Å²) in [5, 5.41) is 30.6. The number of unbranched alkanes of at least 4 members (excludes halogenated alkanes) is 9. The summed E-state index contributed by atoms with van der Waals surface area (Å²) < 4.78 is 47.8. The first-order chi connectivity index (χ1) is 30.6. The second-order valence-corrected chi connectivity index (χ2v) is 18.8. The Morgan fingerprint density at radius 1 is 0.703 bits per heavy atom. The molecule has 6 N–H and O–H groups in total. The summed E-state index contributed by atoms with van der Waals surface area (Å²) in [4.78, 5) is 65.6. The van der Waals surface area contributed by atoms with Gasteiger partial charge in [-0.25, -0.2) is 9.13 Å². The van der Waals surface area contributed by atoms with Gasteiger partial charge in [-0.2, -0.15) is 0 Å². The van der Waals surface area contributed by atoms with Crippen LogP contribution in [0.25, 0.3) is 0 Å². The van der Waals surface area contributed by atoms with Crippen LogP contribution in [-0.2, 0) is 46.6 Å². The normalized spacial score (nSPS) is 19.7. The van der Waals surface area contributed by atoms with Crippen LogP contribution >= 0.6 is 15.6 Å². The fraction of sp³-hybridized carbons (Fsp3) is 0.717. The van der Waals surface area contributed by atoms with E-state index in [9.17, 15) is 43.7 Å². The average molecular weight is 949 g/mol. The minimum absolute atomic E-state index is 0.0176. The molecule has 368 valence electrons. The van der Waals surface area contributed by atoms with Gasteiger partial charge in [0.05, 0.1) is 32.0 Å². The highest BCUT2D eigenvalue weighted by Crippen LogP contribution is 2.44. The van der Waals surface area contributed by atoms with Crippen LogP contribution in [0.5, 0.6) is 0 Å². The van der Waals surface area contributed by atoms with E-state index in [4.69, 9.17) is 23.8 Å². The summed E-state index contributed by atoms with van der Waals surface area (Å²) in [6.07, 6.45) is 31.1. The summed E-state index contributed by atoms with van der Waals surface area (Å²) in [7, 11) is -9.79. The number of esters is 2. The molecule has 0 saturated heterocycles. The van der Waals surface area contributed by atoms with Gasteiger partial charge in [-0.05, 0) is 70.1 Å². The minimum atomic E-state index is -4.90. The van der Waals surface area contributed by atoms with Crippen molar-refractivity contribution in [2.45, 2.75) is 173 Å². The maximum Gasteiger partial charge on any atom is 0.472 e. The van der Waals surface area contributed by atoms with E-state index in [0.717, 1.165) is 70.6 Å². The highest BCUT2D eigenvalue weighted by atomic mass is 31.2. The molecule has 0 aliphatic heterocycles. The van der Waals surface area contributed by atoms with Crippen molar-refractivity contribution >= 4 is 33.4 Å². The third-order valence-electron chi connectivity index (χ3n) is 10.3. The van der Waals surface area contributed by atoms with E-state index in [2.05, 4.69) is 71.5 Å². The van der Waals surface area contributed by atoms with Gasteiger partial charge in [-0.3, -0.25) is 28.0 Å². The zero-order valence-electron chi connectivity index (χ0n) is 38.1. The molecule has 7 atom stereocenters. The molecular formula is C46H78O16P2. The summed E-state index contributed by atoms with van der Waals surface area (Å²) >= 11 is 0. The van der Waals surface area contributed by atoms with Crippen molar-refractivity contribution in [2.24, 2.45) is 11.8 Å². The van der Waals surface area contributed by atoms with Crippen molar-refractivity contribution in [3.63, 3.8) is 0 Å². The van der Waals surface area contributed by atoms with Crippen LogP contribution in [0.4, 0.5) is 0 Å². The van der Waals surface area contributed by atoms with E-state index < -0.39 is 84.3 Å². The largest absolute Gasteiger partial charge is 0.472 e. The Labute approximate surface area is 381 Å². The van der Waals surface area contributed by atoms with E-state index in [0.29, 0.717) is 44.9 Å². The SMILES string of the molecule is CC/C=C\C/C=C\C/C=C\C/C=C\CCCCCCC(=O)OC[C@H](COP(=O)(O)OC[C@@H](O)COP(=O)(O)O)OC(=O)CCCCCC[C@H]1[C@@H](O)CC(=O)[C@@H]1/C=C/[C@@H](O)CCCCC.